The quantitative estimate of drug-likeness (QED) is 0.700. The lowest BCUT2D eigenvalue weighted by Gasteiger charge is -2.21. The summed E-state index contributed by atoms with van der Waals surface area (Å²) in [5.41, 5.74) is -0.727. The van der Waals surface area contributed by atoms with E-state index in [1.54, 1.807) is 0 Å². The number of carbonyl (C=O) groups excluding carboxylic acids is 1. The monoisotopic (exact) mass is 386 g/mol. The standard InChI is InChI=1S/C19H15FN2O6/c20-13-5-1-11(2-6-13)15-9-19(18(26)27,28-22-15)10-16(23)21-14-7-3-12(4-8-14)17(24)25/h1-8H,9-10H2,(H,21,23)(H,24,25)(H,26,27)/t19-/m0/s1. The highest BCUT2D eigenvalue weighted by molar-refractivity contribution is 6.06. The summed E-state index contributed by atoms with van der Waals surface area (Å²) < 4.78 is 13.1. The number of nitrogens with one attached hydrogen (secondary N) is 1. The summed E-state index contributed by atoms with van der Waals surface area (Å²) in [5, 5.41) is 24.7. The molecule has 1 heterocycles. The fourth-order valence-corrected chi connectivity index (χ4v) is 2.72. The minimum absolute atomic E-state index is 0.0523. The summed E-state index contributed by atoms with van der Waals surface area (Å²) >= 11 is 0. The number of nitrogens with zero attached hydrogens (tertiary/aromatic N) is 1. The summed E-state index contributed by atoms with van der Waals surface area (Å²) in [7, 11) is 0. The number of amides is 1. The third kappa shape index (κ3) is 3.98. The molecule has 144 valence electrons. The van der Waals surface area contributed by atoms with Gasteiger partial charge in [-0.3, -0.25) is 4.79 Å². The molecule has 3 N–H and O–H groups in total. The maximum Gasteiger partial charge on any atom is 0.351 e. The topological polar surface area (TPSA) is 125 Å². The number of benzene rings is 2. The SMILES string of the molecule is O=C(C[C@]1(C(=O)O)CC(c2ccc(F)cc2)=NO1)Nc1ccc(C(=O)O)cc1. The molecule has 8 nitrogen and oxygen atoms in total. The summed E-state index contributed by atoms with van der Waals surface area (Å²) in [6, 6.07) is 10.7. The van der Waals surface area contributed by atoms with Crippen molar-refractivity contribution in [2.45, 2.75) is 18.4 Å². The molecule has 1 atom stereocenters. The van der Waals surface area contributed by atoms with Crippen molar-refractivity contribution in [2.75, 3.05) is 5.32 Å². The van der Waals surface area contributed by atoms with E-state index in [1.807, 2.05) is 0 Å². The summed E-state index contributed by atoms with van der Waals surface area (Å²) in [4.78, 5) is 40.0. The van der Waals surface area contributed by atoms with Gasteiger partial charge >= 0.3 is 11.9 Å². The van der Waals surface area contributed by atoms with Gasteiger partial charge in [-0.2, -0.15) is 0 Å². The molecule has 0 bridgehead atoms. The molecule has 0 radical (unpaired) electrons. The van der Waals surface area contributed by atoms with Crippen molar-refractivity contribution >= 4 is 29.2 Å². The third-order valence-corrected chi connectivity index (χ3v) is 4.21. The van der Waals surface area contributed by atoms with Gasteiger partial charge in [0, 0.05) is 12.1 Å². The van der Waals surface area contributed by atoms with Gasteiger partial charge in [-0.05, 0) is 42.0 Å². The molecule has 1 aliphatic rings. The largest absolute Gasteiger partial charge is 0.478 e. The molecular weight excluding hydrogens is 371 g/mol. The Balaban J connectivity index is 1.69. The van der Waals surface area contributed by atoms with E-state index in [0.717, 1.165) is 0 Å². The van der Waals surface area contributed by atoms with Gasteiger partial charge < -0.3 is 20.4 Å². The van der Waals surface area contributed by atoms with Crippen LogP contribution in [0.15, 0.2) is 53.7 Å². The van der Waals surface area contributed by atoms with Crippen LogP contribution in [-0.2, 0) is 14.4 Å². The number of carboxylic acid groups (broad SMARTS) is 2. The number of oxime groups is 1. The zero-order valence-electron chi connectivity index (χ0n) is 14.4. The van der Waals surface area contributed by atoms with Gasteiger partial charge in [0.05, 0.1) is 17.7 Å². The highest BCUT2D eigenvalue weighted by Crippen LogP contribution is 2.31. The molecular formula is C19H15FN2O6. The van der Waals surface area contributed by atoms with E-state index in [1.165, 1.54) is 48.5 Å². The molecule has 0 aliphatic carbocycles. The normalized spacial score (nSPS) is 18.1. The first-order valence-corrected chi connectivity index (χ1v) is 8.17. The number of aliphatic carboxylic acids is 1. The van der Waals surface area contributed by atoms with Crippen molar-refractivity contribution in [1.29, 1.82) is 0 Å². The zero-order chi connectivity index (χ0) is 20.3. The van der Waals surface area contributed by atoms with Crippen LogP contribution in [0.4, 0.5) is 10.1 Å². The second-order valence-electron chi connectivity index (χ2n) is 6.22. The second kappa shape index (κ2) is 7.47. The number of anilines is 1. The van der Waals surface area contributed by atoms with E-state index in [2.05, 4.69) is 10.5 Å². The molecule has 0 saturated heterocycles. The lowest BCUT2D eigenvalue weighted by Crippen LogP contribution is -2.42. The van der Waals surface area contributed by atoms with E-state index in [4.69, 9.17) is 9.94 Å². The first-order chi connectivity index (χ1) is 13.3. The van der Waals surface area contributed by atoms with Gasteiger partial charge in [0.2, 0.25) is 11.5 Å². The molecule has 9 heteroatoms. The maximum absolute atomic E-state index is 13.1. The van der Waals surface area contributed by atoms with Gasteiger partial charge in [-0.15, -0.1) is 0 Å². The van der Waals surface area contributed by atoms with Gasteiger partial charge in [0.15, 0.2) is 0 Å². The highest BCUT2D eigenvalue weighted by atomic mass is 19.1. The van der Waals surface area contributed by atoms with Crippen molar-refractivity contribution in [3.8, 4) is 0 Å². The highest BCUT2D eigenvalue weighted by Gasteiger charge is 2.49. The summed E-state index contributed by atoms with van der Waals surface area (Å²) in [5.74, 6) is -3.54. The molecule has 0 spiro atoms. The number of halogens is 1. The van der Waals surface area contributed by atoms with Crippen molar-refractivity contribution in [2.24, 2.45) is 5.16 Å². The van der Waals surface area contributed by atoms with Crippen LogP contribution in [0.5, 0.6) is 0 Å². The Labute approximate surface area is 158 Å². The number of hydrogen-bond acceptors (Lipinski definition) is 5. The molecule has 2 aromatic carbocycles. The van der Waals surface area contributed by atoms with Crippen LogP contribution in [0.2, 0.25) is 0 Å². The summed E-state index contributed by atoms with van der Waals surface area (Å²) in [6.45, 7) is 0. The Kier molecular flexibility index (Phi) is 5.08. The van der Waals surface area contributed by atoms with Gasteiger partial charge in [0.1, 0.15) is 5.82 Å². The molecule has 0 unspecified atom stereocenters. The predicted molar refractivity (Wildman–Crippen MR) is 95.7 cm³/mol. The van der Waals surface area contributed by atoms with E-state index in [-0.39, 0.29) is 12.0 Å². The third-order valence-electron chi connectivity index (χ3n) is 4.21. The van der Waals surface area contributed by atoms with Crippen LogP contribution < -0.4 is 5.32 Å². The van der Waals surface area contributed by atoms with Crippen LogP contribution in [0, 0.1) is 5.82 Å². The van der Waals surface area contributed by atoms with Crippen LogP contribution in [0.25, 0.3) is 0 Å². The smallest absolute Gasteiger partial charge is 0.351 e. The second-order valence-corrected chi connectivity index (χ2v) is 6.22. The fourth-order valence-electron chi connectivity index (χ4n) is 2.72. The number of carboxylic acids is 2. The molecule has 1 aliphatic heterocycles. The molecule has 0 saturated carbocycles. The van der Waals surface area contributed by atoms with E-state index < -0.39 is 35.7 Å². The number of hydrogen-bond donors (Lipinski definition) is 3. The average molecular weight is 386 g/mol. The Bertz CT molecular complexity index is 955. The fraction of sp³-hybridized carbons (Fsp3) is 0.158. The van der Waals surface area contributed by atoms with Crippen LogP contribution in [-0.4, -0.2) is 39.4 Å². The average Bonchev–Trinajstić information content (AvgIpc) is 3.08. The summed E-state index contributed by atoms with van der Waals surface area (Å²) in [6.07, 6.45) is -0.684. The number of rotatable bonds is 6. The van der Waals surface area contributed by atoms with Crippen molar-refractivity contribution in [3.63, 3.8) is 0 Å². The van der Waals surface area contributed by atoms with Crippen molar-refractivity contribution < 1.29 is 33.8 Å². The Morgan fingerprint density at radius 2 is 1.71 bits per heavy atom. The molecule has 0 aromatic heterocycles. The molecule has 2 aromatic rings. The Hall–Kier alpha value is -3.75. The van der Waals surface area contributed by atoms with Crippen LogP contribution in [0.1, 0.15) is 28.8 Å². The first-order valence-electron chi connectivity index (χ1n) is 8.17. The minimum atomic E-state index is -1.88. The Morgan fingerprint density at radius 3 is 2.29 bits per heavy atom. The van der Waals surface area contributed by atoms with Gasteiger partial charge in [-0.1, -0.05) is 17.3 Å². The van der Waals surface area contributed by atoms with Crippen molar-refractivity contribution in [3.05, 3.63) is 65.5 Å². The molecule has 1 amide bonds. The van der Waals surface area contributed by atoms with Gasteiger partial charge in [-0.25, -0.2) is 14.0 Å². The van der Waals surface area contributed by atoms with Crippen LogP contribution >= 0.6 is 0 Å². The maximum atomic E-state index is 13.1. The van der Waals surface area contributed by atoms with Crippen molar-refractivity contribution in [1.82, 2.24) is 0 Å². The lowest BCUT2D eigenvalue weighted by molar-refractivity contribution is -0.165. The van der Waals surface area contributed by atoms with E-state index in [0.29, 0.717) is 17.0 Å². The molecule has 0 fully saturated rings. The zero-order valence-corrected chi connectivity index (χ0v) is 14.4. The van der Waals surface area contributed by atoms with Gasteiger partial charge in [0.25, 0.3) is 0 Å². The number of carbonyl (C=O) groups is 3. The molecule has 3 rings (SSSR count). The minimum Gasteiger partial charge on any atom is -0.478 e. The first kappa shape index (κ1) is 19.0. The number of aromatic carboxylic acids is 1. The van der Waals surface area contributed by atoms with E-state index >= 15 is 0 Å². The van der Waals surface area contributed by atoms with Crippen LogP contribution in [0.3, 0.4) is 0 Å². The lowest BCUT2D eigenvalue weighted by atomic mass is 9.90. The molecule has 28 heavy (non-hydrogen) atoms. The van der Waals surface area contributed by atoms with E-state index in [9.17, 15) is 23.9 Å². The Morgan fingerprint density at radius 1 is 1.07 bits per heavy atom. The predicted octanol–water partition coefficient (Wildman–Crippen LogP) is 2.50.